The van der Waals surface area contributed by atoms with Gasteiger partial charge < -0.3 is 10.2 Å². The molecule has 0 heterocycles. The molecular formula is C12H20N4O2. The fourth-order valence-electron chi connectivity index (χ4n) is 1.50. The van der Waals surface area contributed by atoms with Crippen molar-refractivity contribution in [3.05, 3.63) is 0 Å². The quantitative estimate of drug-likeness (QED) is 0.667. The molecule has 1 aliphatic rings. The highest BCUT2D eigenvalue weighted by Crippen LogP contribution is 2.18. The van der Waals surface area contributed by atoms with Crippen LogP contribution >= 0.6 is 0 Å². The van der Waals surface area contributed by atoms with Crippen LogP contribution in [0.15, 0.2) is 0 Å². The Kier molecular flexibility index (Phi) is 5.59. The molecular weight excluding hydrogens is 232 g/mol. The highest BCUT2D eigenvalue weighted by Gasteiger charge is 2.23. The van der Waals surface area contributed by atoms with Crippen LogP contribution in [-0.2, 0) is 9.59 Å². The zero-order chi connectivity index (χ0) is 13.5. The molecule has 1 saturated carbocycles. The molecule has 6 heteroatoms. The van der Waals surface area contributed by atoms with E-state index < -0.39 is 0 Å². The number of nitrogens with one attached hydrogen (secondary N) is 1. The summed E-state index contributed by atoms with van der Waals surface area (Å²) in [6.45, 7) is 0.853. The first-order valence-electron chi connectivity index (χ1n) is 6.11. The van der Waals surface area contributed by atoms with E-state index in [1.165, 1.54) is 4.90 Å². The number of amides is 2. The third kappa shape index (κ3) is 5.64. The lowest BCUT2D eigenvalue weighted by atomic mass is 10.4. The Morgan fingerprint density at radius 1 is 1.33 bits per heavy atom. The summed E-state index contributed by atoms with van der Waals surface area (Å²) in [5.41, 5.74) is 0. The second-order valence-corrected chi connectivity index (χ2v) is 4.74. The van der Waals surface area contributed by atoms with Gasteiger partial charge in [0.25, 0.3) is 0 Å². The summed E-state index contributed by atoms with van der Waals surface area (Å²) in [5.74, 6) is -0.112. The maximum Gasteiger partial charge on any atom is 0.236 e. The average molecular weight is 252 g/mol. The summed E-state index contributed by atoms with van der Waals surface area (Å²) in [6, 6.07) is 2.34. The van der Waals surface area contributed by atoms with Gasteiger partial charge in [-0.2, -0.15) is 5.26 Å². The highest BCUT2D eigenvalue weighted by molar-refractivity contribution is 5.81. The second kappa shape index (κ2) is 6.97. The van der Waals surface area contributed by atoms with Crippen LogP contribution in [0.5, 0.6) is 0 Å². The minimum Gasteiger partial charge on any atom is -0.352 e. The van der Waals surface area contributed by atoms with Gasteiger partial charge in [-0.15, -0.1) is 0 Å². The summed E-state index contributed by atoms with van der Waals surface area (Å²) in [5, 5.41) is 11.3. The molecule has 0 radical (unpaired) electrons. The molecule has 1 aliphatic carbocycles. The van der Waals surface area contributed by atoms with E-state index in [9.17, 15) is 9.59 Å². The lowest BCUT2D eigenvalue weighted by Gasteiger charge is -2.20. The number of nitriles is 1. The fourth-order valence-corrected chi connectivity index (χ4v) is 1.50. The van der Waals surface area contributed by atoms with Gasteiger partial charge in [0, 0.05) is 19.6 Å². The standard InChI is InChI=1S/C12H20N4O2/c1-15(8-11(17)14-10-4-5-10)9-12(18)16(2)7-3-6-13/h10H,3-5,7-9H2,1-2H3,(H,14,17). The van der Waals surface area contributed by atoms with Crippen molar-refractivity contribution in [2.24, 2.45) is 0 Å². The van der Waals surface area contributed by atoms with Crippen molar-refractivity contribution in [2.75, 3.05) is 33.7 Å². The number of carbonyl (C=O) groups excluding carboxylic acids is 2. The van der Waals surface area contributed by atoms with Gasteiger partial charge in [0.2, 0.25) is 11.8 Å². The van der Waals surface area contributed by atoms with Crippen LogP contribution in [0.2, 0.25) is 0 Å². The predicted octanol–water partition coefficient (Wildman–Crippen LogP) is -0.431. The molecule has 0 aromatic rings. The fraction of sp³-hybridized carbons (Fsp3) is 0.750. The first-order chi connectivity index (χ1) is 8.52. The van der Waals surface area contributed by atoms with E-state index >= 15 is 0 Å². The molecule has 1 N–H and O–H groups in total. The summed E-state index contributed by atoms with van der Waals surface area (Å²) in [7, 11) is 3.40. The molecule has 0 unspecified atom stereocenters. The lowest BCUT2D eigenvalue weighted by Crippen LogP contribution is -2.42. The monoisotopic (exact) mass is 252 g/mol. The van der Waals surface area contributed by atoms with Crippen LogP contribution < -0.4 is 5.32 Å². The van der Waals surface area contributed by atoms with Crippen LogP contribution in [0.4, 0.5) is 0 Å². The topological polar surface area (TPSA) is 76.4 Å². The summed E-state index contributed by atoms with van der Waals surface area (Å²) >= 11 is 0. The molecule has 1 rings (SSSR count). The van der Waals surface area contributed by atoms with Gasteiger partial charge in [0.15, 0.2) is 0 Å². The zero-order valence-corrected chi connectivity index (χ0v) is 11.0. The van der Waals surface area contributed by atoms with E-state index in [2.05, 4.69) is 5.32 Å². The SMILES string of the molecule is CN(CC(=O)NC1CC1)CC(=O)N(C)CCC#N. The normalized spacial score (nSPS) is 14.1. The minimum absolute atomic E-state index is 0.0347. The number of hydrogen-bond donors (Lipinski definition) is 1. The minimum atomic E-state index is -0.0769. The van der Waals surface area contributed by atoms with Crippen LogP contribution in [0.25, 0.3) is 0 Å². The van der Waals surface area contributed by atoms with E-state index in [1.807, 2.05) is 6.07 Å². The zero-order valence-electron chi connectivity index (χ0n) is 11.0. The van der Waals surface area contributed by atoms with Crippen molar-refractivity contribution in [1.82, 2.24) is 15.1 Å². The third-order valence-corrected chi connectivity index (χ3v) is 2.75. The highest BCUT2D eigenvalue weighted by atomic mass is 16.2. The molecule has 0 aromatic carbocycles. The molecule has 6 nitrogen and oxygen atoms in total. The van der Waals surface area contributed by atoms with Crippen molar-refractivity contribution in [3.8, 4) is 6.07 Å². The van der Waals surface area contributed by atoms with Gasteiger partial charge in [-0.05, 0) is 19.9 Å². The number of carbonyl (C=O) groups is 2. The smallest absolute Gasteiger partial charge is 0.236 e. The average Bonchev–Trinajstić information content (AvgIpc) is 3.08. The molecule has 1 fully saturated rings. The van der Waals surface area contributed by atoms with E-state index in [0.717, 1.165) is 12.8 Å². The van der Waals surface area contributed by atoms with Crippen LogP contribution in [0.3, 0.4) is 0 Å². The van der Waals surface area contributed by atoms with Crippen molar-refractivity contribution in [1.29, 1.82) is 5.26 Å². The summed E-state index contributed by atoms with van der Waals surface area (Å²) in [4.78, 5) is 26.4. The first-order valence-corrected chi connectivity index (χ1v) is 6.11. The van der Waals surface area contributed by atoms with Gasteiger partial charge in [-0.25, -0.2) is 0 Å². The van der Waals surface area contributed by atoms with Crippen LogP contribution in [0.1, 0.15) is 19.3 Å². The predicted molar refractivity (Wildman–Crippen MR) is 66.5 cm³/mol. The Hall–Kier alpha value is -1.61. The van der Waals surface area contributed by atoms with E-state index in [0.29, 0.717) is 19.0 Å². The number of likely N-dealkylation sites (N-methyl/N-ethyl adjacent to an activating group) is 2. The van der Waals surface area contributed by atoms with E-state index in [1.54, 1.807) is 19.0 Å². The lowest BCUT2D eigenvalue weighted by molar-refractivity contribution is -0.131. The maximum atomic E-state index is 11.7. The van der Waals surface area contributed by atoms with E-state index in [-0.39, 0.29) is 24.9 Å². The van der Waals surface area contributed by atoms with Crippen molar-refractivity contribution >= 4 is 11.8 Å². The molecule has 0 aliphatic heterocycles. The number of rotatable bonds is 7. The molecule has 0 saturated heterocycles. The third-order valence-electron chi connectivity index (χ3n) is 2.75. The summed E-state index contributed by atoms with van der Waals surface area (Å²) < 4.78 is 0. The van der Waals surface area contributed by atoms with Crippen molar-refractivity contribution < 1.29 is 9.59 Å². The van der Waals surface area contributed by atoms with Crippen LogP contribution in [0, 0.1) is 11.3 Å². The van der Waals surface area contributed by atoms with Gasteiger partial charge in [0.05, 0.1) is 25.6 Å². The van der Waals surface area contributed by atoms with E-state index in [4.69, 9.17) is 5.26 Å². The second-order valence-electron chi connectivity index (χ2n) is 4.74. The molecule has 0 spiro atoms. The molecule has 2 amide bonds. The Balaban J connectivity index is 2.21. The van der Waals surface area contributed by atoms with Crippen LogP contribution in [-0.4, -0.2) is 61.4 Å². The molecule has 0 bridgehead atoms. The Labute approximate surface area is 108 Å². The van der Waals surface area contributed by atoms with Crippen molar-refractivity contribution in [3.63, 3.8) is 0 Å². The summed E-state index contributed by atoms with van der Waals surface area (Å²) in [6.07, 6.45) is 2.45. The van der Waals surface area contributed by atoms with Gasteiger partial charge >= 0.3 is 0 Å². The maximum absolute atomic E-state index is 11.7. The molecule has 0 aromatic heterocycles. The molecule has 18 heavy (non-hydrogen) atoms. The largest absolute Gasteiger partial charge is 0.352 e. The molecule has 100 valence electrons. The Bertz CT molecular complexity index is 346. The van der Waals surface area contributed by atoms with Gasteiger partial charge in [-0.3, -0.25) is 14.5 Å². The van der Waals surface area contributed by atoms with Gasteiger partial charge in [0.1, 0.15) is 0 Å². The number of nitrogens with zero attached hydrogens (tertiary/aromatic N) is 3. The Morgan fingerprint density at radius 3 is 2.56 bits per heavy atom. The first kappa shape index (κ1) is 14.5. The Morgan fingerprint density at radius 2 is 2.00 bits per heavy atom. The molecule has 0 atom stereocenters. The van der Waals surface area contributed by atoms with Gasteiger partial charge in [-0.1, -0.05) is 0 Å². The number of hydrogen-bond acceptors (Lipinski definition) is 4. The van der Waals surface area contributed by atoms with Crippen molar-refractivity contribution in [2.45, 2.75) is 25.3 Å².